The molecule has 0 amide bonds. The van der Waals surface area contributed by atoms with Gasteiger partial charge in [-0.15, -0.1) is 0 Å². The Hall–Kier alpha value is -0.860. The van der Waals surface area contributed by atoms with Crippen LogP contribution < -0.4 is 4.74 Å². The van der Waals surface area contributed by atoms with Gasteiger partial charge in [0.25, 0.3) is 0 Å². The fraction of sp³-hybridized carbons (Fsp3) is 0.500. The molecule has 0 aromatic heterocycles. The minimum atomic E-state index is -7.05. The molecule has 0 aliphatic rings. The van der Waals surface area contributed by atoms with E-state index in [0.717, 1.165) is 12.1 Å². The SMILES string of the molecule is O=C(O)C(F)(F)Oc1c(I)cc(COCC(F)(F)C(F)(F)C(F)(F)C(F)(F)F)cc1I. The molecule has 0 aliphatic carbocycles. The molecular formula is C14H7F11I2O4. The van der Waals surface area contributed by atoms with E-state index in [9.17, 15) is 53.1 Å². The third-order valence-corrected chi connectivity index (χ3v) is 4.90. The Bertz CT molecular complexity index is 804. The molecule has 0 unspecified atom stereocenters. The molecule has 0 atom stereocenters. The summed E-state index contributed by atoms with van der Waals surface area (Å²) in [6.45, 7) is -3.56. The van der Waals surface area contributed by atoms with Gasteiger partial charge in [0.2, 0.25) is 0 Å². The largest absolute Gasteiger partial charge is 0.501 e. The highest BCUT2D eigenvalue weighted by Gasteiger charge is 2.81. The number of hydrogen-bond acceptors (Lipinski definition) is 3. The zero-order valence-electron chi connectivity index (χ0n) is 14.2. The van der Waals surface area contributed by atoms with Crippen molar-refractivity contribution >= 4 is 51.2 Å². The van der Waals surface area contributed by atoms with Crippen LogP contribution in [0.25, 0.3) is 0 Å². The van der Waals surface area contributed by atoms with Crippen LogP contribution in [0.5, 0.6) is 5.75 Å². The number of ether oxygens (including phenoxy) is 2. The first kappa shape index (κ1) is 28.2. The fourth-order valence-electron chi connectivity index (χ4n) is 1.76. The van der Waals surface area contributed by atoms with Crippen LogP contribution in [0.1, 0.15) is 5.56 Å². The van der Waals surface area contributed by atoms with E-state index in [0.29, 0.717) is 0 Å². The number of benzene rings is 1. The lowest BCUT2D eigenvalue weighted by molar-refractivity contribution is -0.400. The summed E-state index contributed by atoms with van der Waals surface area (Å²) < 4.78 is 149. The summed E-state index contributed by atoms with van der Waals surface area (Å²) >= 11 is 2.74. The lowest BCUT2D eigenvalue weighted by Crippen LogP contribution is -2.62. The number of halogens is 13. The summed E-state index contributed by atoms with van der Waals surface area (Å²) in [4.78, 5) is 10.4. The van der Waals surface area contributed by atoms with Crippen molar-refractivity contribution in [3.8, 4) is 5.75 Å². The van der Waals surface area contributed by atoms with Crippen LogP contribution in [0.2, 0.25) is 0 Å². The molecule has 31 heavy (non-hydrogen) atoms. The number of rotatable bonds is 9. The summed E-state index contributed by atoms with van der Waals surface area (Å²) in [6.07, 6.45) is -11.6. The number of hydrogen-bond donors (Lipinski definition) is 1. The first-order valence-corrected chi connectivity index (χ1v) is 9.39. The molecule has 0 radical (unpaired) electrons. The van der Waals surface area contributed by atoms with Crippen LogP contribution in [-0.4, -0.2) is 47.7 Å². The number of alkyl halides is 11. The van der Waals surface area contributed by atoms with Gasteiger partial charge in [-0.1, -0.05) is 0 Å². The van der Waals surface area contributed by atoms with E-state index in [4.69, 9.17) is 5.11 Å². The molecule has 0 saturated carbocycles. The van der Waals surface area contributed by atoms with Gasteiger partial charge >= 0.3 is 36.0 Å². The zero-order chi connectivity index (χ0) is 24.6. The van der Waals surface area contributed by atoms with E-state index in [-0.39, 0.29) is 12.7 Å². The van der Waals surface area contributed by atoms with Crippen molar-refractivity contribution < 1.29 is 67.7 Å². The first-order valence-electron chi connectivity index (χ1n) is 7.23. The van der Waals surface area contributed by atoms with Crippen LogP contribution in [0.3, 0.4) is 0 Å². The van der Waals surface area contributed by atoms with E-state index < -0.39 is 55.0 Å². The van der Waals surface area contributed by atoms with Crippen LogP contribution in [-0.2, 0) is 16.1 Å². The first-order chi connectivity index (χ1) is 13.7. The van der Waals surface area contributed by atoms with Gasteiger partial charge in [-0.25, -0.2) is 4.79 Å². The molecule has 0 spiro atoms. The smallest absolute Gasteiger partial charge is 0.474 e. The summed E-state index contributed by atoms with van der Waals surface area (Å²) in [5.74, 6) is -23.1. The molecule has 4 nitrogen and oxygen atoms in total. The standard InChI is InChI=1S/C14H7F11I2O4/c15-10(16,12(19,20)13(21,22)14(23,24)25)4-30-3-5-1-6(26)8(7(27)2-5)31-11(17,18)9(28)29/h1-2H,3-4H2,(H,28,29). The Labute approximate surface area is 192 Å². The second kappa shape index (κ2) is 9.18. The molecule has 1 rings (SSSR count). The van der Waals surface area contributed by atoms with Crippen molar-refractivity contribution in [3.63, 3.8) is 0 Å². The average molecular weight is 702 g/mol. The van der Waals surface area contributed by atoms with Crippen molar-refractivity contribution in [2.75, 3.05) is 6.61 Å². The molecular weight excluding hydrogens is 695 g/mol. The van der Waals surface area contributed by atoms with Crippen LogP contribution in [0.15, 0.2) is 12.1 Å². The van der Waals surface area contributed by atoms with Gasteiger partial charge in [-0.05, 0) is 62.9 Å². The van der Waals surface area contributed by atoms with Crippen molar-refractivity contribution in [3.05, 3.63) is 24.8 Å². The molecule has 0 saturated heterocycles. The van der Waals surface area contributed by atoms with Gasteiger partial charge < -0.3 is 14.6 Å². The van der Waals surface area contributed by atoms with Crippen LogP contribution in [0, 0.1) is 7.14 Å². The van der Waals surface area contributed by atoms with Gasteiger partial charge in [0, 0.05) is 0 Å². The minimum absolute atomic E-state index is 0.179. The predicted molar refractivity (Wildman–Crippen MR) is 95.6 cm³/mol. The number of carboxylic acids is 1. The van der Waals surface area contributed by atoms with E-state index in [1.165, 1.54) is 45.2 Å². The number of carbonyl (C=O) groups is 1. The molecule has 0 heterocycles. The van der Waals surface area contributed by atoms with Gasteiger partial charge in [-0.3, -0.25) is 0 Å². The van der Waals surface area contributed by atoms with Crippen LogP contribution in [0.4, 0.5) is 48.3 Å². The van der Waals surface area contributed by atoms with Crippen LogP contribution >= 0.6 is 45.2 Å². The van der Waals surface area contributed by atoms with E-state index >= 15 is 0 Å². The summed E-state index contributed by atoms with van der Waals surface area (Å²) in [5, 5.41) is 8.35. The van der Waals surface area contributed by atoms with Crippen molar-refractivity contribution in [1.82, 2.24) is 0 Å². The summed E-state index contributed by atoms with van der Waals surface area (Å²) in [7, 11) is 0. The maximum absolute atomic E-state index is 13.4. The van der Waals surface area contributed by atoms with Crippen molar-refractivity contribution in [2.45, 2.75) is 36.7 Å². The normalized spacial score (nSPS) is 14.0. The zero-order valence-corrected chi connectivity index (χ0v) is 18.5. The van der Waals surface area contributed by atoms with Gasteiger partial charge in [0.1, 0.15) is 6.61 Å². The predicted octanol–water partition coefficient (Wildman–Crippen LogP) is 5.94. The quantitative estimate of drug-likeness (QED) is 0.256. The third-order valence-electron chi connectivity index (χ3n) is 3.30. The minimum Gasteiger partial charge on any atom is -0.474 e. The lowest BCUT2D eigenvalue weighted by atomic mass is 10.0. The fourth-order valence-corrected chi connectivity index (χ4v) is 3.88. The lowest BCUT2D eigenvalue weighted by Gasteiger charge is -2.33. The molecule has 1 aromatic carbocycles. The van der Waals surface area contributed by atoms with Gasteiger partial charge in [0.15, 0.2) is 5.75 Å². The van der Waals surface area contributed by atoms with Gasteiger partial charge in [0.05, 0.1) is 13.7 Å². The van der Waals surface area contributed by atoms with E-state index in [2.05, 4.69) is 9.47 Å². The summed E-state index contributed by atoms with van der Waals surface area (Å²) in [5.41, 5.74) is -0.179. The van der Waals surface area contributed by atoms with Crippen molar-refractivity contribution in [2.24, 2.45) is 0 Å². The maximum Gasteiger partial charge on any atom is 0.501 e. The second-order valence-corrected chi connectivity index (χ2v) is 7.98. The second-order valence-electron chi connectivity index (χ2n) is 5.66. The monoisotopic (exact) mass is 702 g/mol. The van der Waals surface area contributed by atoms with Gasteiger partial charge in [-0.2, -0.15) is 48.3 Å². The Morgan fingerprint density at radius 2 is 1.32 bits per heavy atom. The van der Waals surface area contributed by atoms with E-state index in [1.807, 2.05) is 0 Å². The Morgan fingerprint density at radius 1 is 0.871 bits per heavy atom. The Balaban J connectivity index is 2.96. The molecule has 0 bridgehead atoms. The molecule has 0 fully saturated rings. The highest BCUT2D eigenvalue weighted by molar-refractivity contribution is 14.1. The number of carboxylic acid groups (broad SMARTS) is 1. The van der Waals surface area contributed by atoms with Crippen molar-refractivity contribution in [1.29, 1.82) is 0 Å². The molecule has 178 valence electrons. The maximum atomic E-state index is 13.4. The Morgan fingerprint density at radius 3 is 1.71 bits per heavy atom. The summed E-state index contributed by atoms with van der Waals surface area (Å²) in [6, 6.07) is 1.83. The van der Waals surface area contributed by atoms with E-state index in [1.54, 1.807) is 0 Å². The molecule has 1 aromatic rings. The Kier molecular flexibility index (Phi) is 8.34. The molecule has 1 N–H and O–H groups in total. The highest BCUT2D eigenvalue weighted by Crippen LogP contribution is 2.53. The third kappa shape index (κ3) is 5.93. The highest BCUT2D eigenvalue weighted by atomic mass is 127. The average Bonchev–Trinajstić information content (AvgIpc) is 2.56. The number of aliphatic carboxylic acids is 1. The molecule has 17 heteroatoms. The topological polar surface area (TPSA) is 55.8 Å². The molecule has 0 aliphatic heterocycles.